The highest BCUT2D eigenvalue weighted by molar-refractivity contribution is 7.92. The van der Waals surface area contributed by atoms with E-state index in [-0.39, 0.29) is 23.1 Å². The van der Waals surface area contributed by atoms with E-state index in [1.807, 2.05) is 32.9 Å². The molecule has 2 amide bonds. The van der Waals surface area contributed by atoms with Gasteiger partial charge >= 0.3 is 0 Å². The number of rotatable bonds is 15. The summed E-state index contributed by atoms with van der Waals surface area (Å²) < 4.78 is 45.6. The van der Waals surface area contributed by atoms with Crippen LogP contribution >= 0.6 is 0 Å². The molecule has 3 aromatic carbocycles. The summed E-state index contributed by atoms with van der Waals surface area (Å²) in [5, 5.41) is 2.89. The second-order valence-corrected chi connectivity index (χ2v) is 12.4. The van der Waals surface area contributed by atoms with Crippen LogP contribution in [0.3, 0.4) is 0 Å². The Bertz CT molecular complexity index is 1540. The van der Waals surface area contributed by atoms with Gasteiger partial charge in [-0.25, -0.2) is 8.42 Å². The lowest BCUT2D eigenvalue weighted by Crippen LogP contribution is -2.51. The van der Waals surface area contributed by atoms with Crippen LogP contribution in [0.1, 0.15) is 43.4 Å². The summed E-state index contributed by atoms with van der Waals surface area (Å²) in [6, 6.07) is 15.9. The predicted octanol–water partition coefficient (Wildman–Crippen LogP) is 4.86. The monoisotopic (exact) mass is 625 g/mol. The Morgan fingerprint density at radius 3 is 2.18 bits per heavy atom. The van der Waals surface area contributed by atoms with Crippen molar-refractivity contribution >= 4 is 27.5 Å². The molecular weight excluding hydrogens is 582 g/mol. The molecule has 0 radical (unpaired) electrons. The number of benzene rings is 3. The van der Waals surface area contributed by atoms with Crippen molar-refractivity contribution in [2.75, 3.05) is 38.7 Å². The minimum atomic E-state index is -4.29. The number of sulfonamides is 1. The molecule has 0 bridgehead atoms. The van der Waals surface area contributed by atoms with E-state index in [2.05, 4.69) is 5.32 Å². The molecule has 10 nitrogen and oxygen atoms in total. The van der Waals surface area contributed by atoms with Gasteiger partial charge in [-0.05, 0) is 80.3 Å². The highest BCUT2D eigenvalue weighted by atomic mass is 32.2. The summed E-state index contributed by atoms with van der Waals surface area (Å²) in [6.07, 6.45) is 1.70. The molecule has 0 saturated carbocycles. The van der Waals surface area contributed by atoms with Crippen LogP contribution in [0.2, 0.25) is 0 Å². The lowest BCUT2D eigenvalue weighted by Gasteiger charge is -2.32. The normalized spacial score (nSPS) is 11.8. The van der Waals surface area contributed by atoms with Gasteiger partial charge < -0.3 is 24.4 Å². The third kappa shape index (κ3) is 8.43. The van der Waals surface area contributed by atoms with Crippen molar-refractivity contribution in [1.29, 1.82) is 0 Å². The average molecular weight is 626 g/mol. The van der Waals surface area contributed by atoms with E-state index in [1.165, 1.54) is 37.3 Å². The van der Waals surface area contributed by atoms with Crippen molar-refractivity contribution in [3.8, 4) is 17.2 Å². The Hall–Kier alpha value is -4.25. The predicted molar refractivity (Wildman–Crippen MR) is 171 cm³/mol. The summed E-state index contributed by atoms with van der Waals surface area (Å²) >= 11 is 0. The molecule has 0 heterocycles. The molecule has 0 unspecified atom stereocenters. The summed E-state index contributed by atoms with van der Waals surface area (Å²) in [6.45, 7) is 7.38. The van der Waals surface area contributed by atoms with Gasteiger partial charge in [-0.3, -0.25) is 13.9 Å². The molecule has 3 aromatic rings. The highest BCUT2D eigenvalue weighted by Crippen LogP contribution is 2.33. The summed E-state index contributed by atoms with van der Waals surface area (Å²) in [5.74, 6) is 0.331. The van der Waals surface area contributed by atoms with Crippen LogP contribution in [0.15, 0.2) is 65.6 Å². The third-order valence-corrected chi connectivity index (χ3v) is 8.97. The number of nitrogens with zero attached hydrogens (tertiary/aromatic N) is 2. The zero-order valence-corrected chi connectivity index (χ0v) is 27.4. The Kier molecular flexibility index (Phi) is 12.0. The molecule has 1 N–H and O–H groups in total. The summed E-state index contributed by atoms with van der Waals surface area (Å²) in [7, 11) is 0.138. The van der Waals surface area contributed by atoms with Crippen LogP contribution in [-0.2, 0) is 26.2 Å². The number of unbranched alkanes of at least 4 members (excludes halogenated alkanes) is 1. The van der Waals surface area contributed by atoms with E-state index in [0.717, 1.165) is 33.8 Å². The number of aryl methyl sites for hydroxylation is 2. The van der Waals surface area contributed by atoms with Gasteiger partial charge in [-0.2, -0.15) is 0 Å². The number of hydrogen-bond acceptors (Lipinski definition) is 7. The van der Waals surface area contributed by atoms with Crippen molar-refractivity contribution in [2.24, 2.45) is 0 Å². The Labute approximate surface area is 261 Å². The van der Waals surface area contributed by atoms with Gasteiger partial charge in [0.15, 0.2) is 11.5 Å². The number of amides is 2. The SMILES string of the molecule is CCCCNC(=O)[C@@H](C)N(Cc1cccc(OC)c1)C(=O)CN(c1cc(C)cc(C)c1)S(=O)(=O)c1ccc(OC)c(OC)c1. The number of anilines is 1. The highest BCUT2D eigenvalue weighted by Gasteiger charge is 2.33. The molecule has 0 spiro atoms. The molecule has 3 rings (SSSR count). The Balaban J connectivity index is 2.09. The van der Waals surface area contributed by atoms with Gasteiger partial charge in [0.2, 0.25) is 11.8 Å². The van der Waals surface area contributed by atoms with Gasteiger partial charge in [0.1, 0.15) is 18.3 Å². The van der Waals surface area contributed by atoms with E-state index < -0.39 is 28.5 Å². The molecule has 11 heteroatoms. The Morgan fingerprint density at radius 2 is 1.57 bits per heavy atom. The number of nitrogens with one attached hydrogen (secondary N) is 1. The third-order valence-electron chi connectivity index (χ3n) is 7.20. The molecule has 238 valence electrons. The van der Waals surface area contributed by atoms with Crippen molar-refractivity contribution in [3.05, 3.63) is 77.4 Å². The van der Waals surface area contributed by atoms with Crippen LogP contribution in [0, 0.1) is 13.8 Å². The minimum absolute atomic E-state index is 0.0650. The molecule has 0 aliphatic carbocycles. The zero-order chi connectivity index (χ0) is 32.4. The smallest absolute Gasteiger partial charge is 0.264 e. The largest absolute Gasteiger partial charge is 0.497 e. The first-order chi connectivity index (χ1) is 20.9. The summed E-state index contributed by atoms with van der Waals surface area (Å²) in [4.78, 5) is 28.7. The number of ether oxygens (including phenoxy) is 3. The molecule has 44 heavy (non-hydrogen) atoms. The molecular formula is C33H43N3O7S. The van der Waals surface area contributed by atoms with Gasteiger partial charge in [0.25, 0.3) is 10.0 Å². The molecule has 1 atom stereocenters. The van der Waals surface area contributed by atoms with E-state index >= 15 is 0 Å². The molecule has 0 aliphatic heterocycles. The second kappa shape index (κ2) is 15.5. The molecule has 0 aromatic heterocycles. The maximum Gasteiger partial charge on any atom is 0.264 e. The molecule has 0 saturated heterocycles. The standard InChI is InChI=1S/C33H43N3O7S/c1-8-9-15-34-33(38)25(4)35(21-26-11-10-12-28(19-26)41-5)32(37)22-36(27-17-23(2)16-24(3)18-27)44(39,40)29-13-14-30(42-6)31(20-29)43-7/h10-14,16-20,25H,8-9,15,21-22H2,1-7H3,(H,34,38)/t25-/m1/s1. The quantitative estimate of drug-likeness (QED) is 0.240. The number of carbonyl (C=O) groups excluding carboxylic acids is 2. The lowest BCUT2D eigenvalue weighted by molar-refractivity contribution is -0.139. The maximum absolute atomic E-state index is 14.3. The Morgan fingerprint density at radius 1 is 0.886 bits per heavy atom. The van der Waals surface area contributed by atoms with Gasteiger partial charge in [0, 0.05) is 19.2 Å². The first-order valence-corrected chi connectivity index (χ1v) is 15.9. The van der Waals surface area contributed by atoms with Crippen LogP contribution in [-0.4, -0.2) is 65.6 Å². The van der Waals surface area contributed by atoms with Crippen molar-refractivity contribution in [1.82, 2.24) is 10.2 Å². The van der Waals surface area contributed by atoms with Crippen molar-refractivity contribution < 1.29 is 32.2 Å². The summed E-state index contributed by atoms with van der Waals surface area (Å²) in [5.41, 5.74) is 2.72. The average Bonchev–Trinajstić information content (AvgIpc) is 3.01. The fraction of sp³-hybridized carbons (Fsp3) is 0.394. The fourth-order valence-electron chi connectivity index (χ4n) is 4.81. The van der Waals surface area contributed by atoms with Gasteiger partial charge in [-0.1, -0.05) is 31.5 Å². The van der Waals surface area contributed by atoms with E-state index in [0.29, 0.717) is 23.7 Å². The van der Waals surface area contributed by atoms with Crippen molar-refractivity contribution in [2.45, 2.75) is 58.0 Å². The van der Waals surface area contributed by atoms with E-state index in [1.54, 1.807) is 44.4 Å². The first-order valence-electron chi connectivity index (χ1n) is 14.5. The number of hydrogen-bond donors (Lipinski definition) is 1. The van der Waals surface area contributed by atoms with Gasteiger partial charge in [0.05, 0.1) is 31.9 Å². The lowest BCUT2D eigenvalue weighted by atomic mass is 10.1. The second-order valence-electron chi connectivity index (χ2n) is 10.6. The first kappa shape index (κ1) is 34.2. The number of carbonyl (C=O) groups is 2. The van der Waals surface area contributed by atoms with E-state index in [9.17, 15) is 18.0 Å². The van der Waals surface area contributed by atoms with Gasteiger partial charge in [-0.15, -0.1) is 0 Å². The minimum Gasteiger partial charge on any atom is -0.497 e. The van der Waals surface area contributed by atoms with Crippen LogP contribution in [0.25, 0.3) is 0 Å². The van der Waals surface area contributed by atoms with Crippen LogP contribution in [0.4, 0.5) is 5.69 Å². The fourth-order valence-corrected chi connectivity index (χ4v) is 6.23. The zero-order valence-electron chi connectivity index (χ0n) is 26.5. The molecule has 0 fully saturated rings. The number of methoxy groups -OCH3 is 3. The van der Waals surface area contributed by atoms with E-state index in [4.69, 9.17) is 14.2 Å². The molecule has 0 aliphatic rings. The van der Waals surface area contributed by atoms with Crippen LogP contribution < -0.4 is 23.8 Å². The van der Waals surface area contributed by atoms with Crippen LogP contribution in [0.5, 0.6) is 17.2 Å². The van der Waals surface area contributed by atoms with Crippen molar-refractivity contribution in [3.63, 3.8) is 0 Å². The maximum atomic E-state index is 14.3. The topological polar surface area (TPSA) is 114 Å².